The summed E-state index contributed by atoms with van der Waals surface area (Å²) in [6, 6.07) is 3.90. The maximum Gasteiger partial charge on any atom is 0.228 e. The molecule has 3 aromatic rings. The fraction of sp³-hybridized carbons (Fsp3) is 0.480. The van der Waals surface area contributed by atoms with E-state index in [2.05, 4.69) is 42.1 Å². The van der Waals surface area contributed by atoms with Gasteiger partial charge in [0.15, 0.2) is 0 Å². The van der Waals surface area contributed by atoms with Crippen molar-refractivity contribution in [3.8, 4) is 11.3 Å². The lowest BCUT2D eigenvalue weighted by molar-refractivity contribution is -0.121. The highest BCUT2D eigenvalue weighted by molar-refractivity contribution is 5.94. The SMILES string of the molecule is CN1CCN(CC2CCC(C(=O)Nc3cc4cc(-c5cnccn5)cnc4cn3)CC2)CC1. The van der Waals surface area contributed by atoms with Crippen LogP contribution in [0.5, 0.6) is 0 Å². The number of amides is 1. The van der Waals surface area contributed by atoms with Crippen molar-refractivity contribution in [3.05, 3.63) is 43.1 Å². The van der Waals surface area contributed by atoms with Crippen LogP contribution in [-0.4, -0.2) is 75.4 Å². The number of carbonyl (C=O) groups excluding carboxylic acids is 1. The summed E-state index contributed by atoms with van der Waals surface area (Å²) in [5.74, 6) is 1.43. The van der Waals surface area contributed by atoms with Gasteiger partial charge < -0.3 is 15.1 Å². The highest BCUT2D eigenvalue weighted by Crippen LogP contribution is 2.31. The molecule has 33 heavy (non-hydrogen) atoms. The predicted octanol–water partition coefficient (Wildman–Crippen LogP) is 3.08. The van der Waals surface area contributed by atoms with Crippen LogP contribution in [0.3, 0.4) is 0 Å². The molecule has 0 unspecified atom stereocenters. The number of aromatic nitrogens is 4. The maximum atomic E-state index is 12.9. The number of pyridine rings is 2. The summed E-state index contributed by atoms with van der Waals surface area (Å²) in [4.78, 5) is 35.3. The van der Waals surface area contributed by atoms with Crippen LogP contribution < -0.4 is 5.32 Å². The zero-order valence-corrected chi connectivity index (χ0v) is 19.2. The molecule has 1 saturated carbocycles. The Kier molecular flexibility index (Phi) is 6.55. The number of carbonyl (C=O) groups is 1. The van der Waals surface area contributed by atoms with Gasteiger partial charge >= 0.3 is 0 Å². The van der Waals surface area contributed by atoms with Crippen LogP contribution in [0.2, 0.25) is 0 Å². The number of nitrogens with zero attached hydrogens (tertiary/aromatic N) is 6. The van der Waals surface area contributed by atoms with E-state index in [1.807, 2.05) is 12.1 Å². The molecule has 1 N–H and O–H groups in total. The second-order valence-electron chi connectivity index (χ2n) is 9.39. The van der Waals surface area contributed by atoms with Crippen LogP contribution >= 0.6 is 0 Å². The van der Waals surface area contributed by atoms with Crippen molar-refractivity contribution in [2.45, 2.75) is 25.7 Å². The lowest BCUT2D eigenvalue weighted by Crippen LogP contribution is -2.46. The first-order valence-electron chi connectivity index (χ1n) is 11.9. The summed E-state index contributed by atoms with van der Waals surface area (Å²) in [7, 11) is 2.19. The quantitative estimate of drug-likeness (QED) is 0.646. The van der Waals surface area contributed by atoms with Gasteiger partial charge in [0.1, 0.15) is 5.82 Å². The molecule has 5 rings (SSSR count). The molecule has 1 aliphatic heterocycles. The van der Waals surface area contributed by atoms with E-state index in [1.54, 1.807) is 31.0 Å². The van der Waals surface area contributed by atoms with Crippen molar-refractivity contribution in [3.63, 3.8) is 0 Å². The number of anilines is 1. The lowest BCUT2D eigenvalue weighted by Gasteiger charge is -2.36. The fourth-order valence-electron chi connectivity index (χ4n) is 4.92. The first-order valence-corrected chi connectivity index (χ1v) is 11.9. The van der Waals surface area contributed by atoms with E-state index in [0.717, 1.165) is 74.0 Å². The standard InChI is InChI=1S/C25H31N7O/c1-31-8-10-32(11-9-31)17-18-2-4-19(5-3-18)25(33)30-24-13-20-12-21(14-28-23(20)16-29-24)22-15-26-6-7-27-22/h6-7,12-16,18-19H,2-5,8-11,17H2,1H3,(H,29,30,33). The number of hydrogen-bond donors (Lipinski definition) is 1. The summed E-state index contributed by atoms with van der Waals surface area (Å²) in [6.45, 7) is 5.82. The Bertz CT molecular complexity index is 1090. The molecule has 1 amide bonds. The molecular formula is C25H31N7O. The Hall–Kier alpha value is -2.97. The Morgan fingerprint density at radius 3 is 2.55 bits per heavy atom. The van der Waals surface area contributed by atoms with Gasteiger partial charge in [0.25, 0.3) is 0 Å². The minimum Gasteiger partial charge on any atom is -0.310 e. The molecule has 8 heteroatoms. The molecule has 2 aliphatic rings. The predicted molar refractivity (Wildman–Crippen MR) is 129 cm³/mol. The zero-order valence-electron chi connectivity index (χ0n) is 19.2. The molecule has 0 aromatic carbocycles. The maximum absolute atomic E-state index is 12.9. The largest absolute Gasteiger partial charge is 0.310 e. The molecular weight excluding hydrogens is 414 g/mol. The van der Waals surface area contributed by atoms with E-state index in [1.165, 1.54) is 6.54 Å². The van der Waals surface area contributed by atoms with E-state index in [9.17, 15) is 4.79 Å². The smallest absolute Gasteiger partial charge is 0.228 e. The molecule has 0 bridgehead atoms. The van der Waals surface area contributed by atoms with Gasteiger partial charge in [0, 0.05) is 68.2 Å². The number of fused-ring (bicyclic) bond motifs is 1. The zero-order chi connectivity index (χ0) is 22.6. The molecule has 2 fully saturated rings. The van der Waals surface area contributed by atoms with Gasteiger partial charge in [-0.15, -0.1) is 0 Å². The first-order chi connectivity index (χ1) is 16.1. The molecule has 1 saturated heterocycles. The topological polar surface area (TPSA) is 87.1 Å². The highest BCUT2D eigenvalue weighted by Gasteiger charge is 2.28. The van der Waals surface area contributed by atoms with Crippen molar-refractivity contribution >= 4 is 22.6 Å². The van der Waals surface area contributed by atoms with E-state index in [-0.39, 0.29) is 11.8 Å². The van der Waals surface area contributed by atoms with Crippen molar-refractivity contribution in [2.24, 2.45) is 11.8 Å². The third kappa shape index (κ3) is 5.34. The van der Waals surface area contributed by atoms with Crippen LogP contribution in [0.15, 0.2) is 43.1 Å². The van der Waals surface area contributed by atoms with Gasteiger partial charge in [-0.2, -0.15) is 0 Å². The Morgan fingerprint density at radius 1 is 0.970 bits per heavy atom. The summed E-state index contributed by atoms with van der Waals surface area (Å²) >= 11 is 0. The highest BCUT2D eigenvalue weighted by atomic mass is 16.1. The Labute approximate surface area is 194 Å². The van der Waals surface area contributed by atoms with Crippen LogP contribution in [0.1, 0.15) is 25.7 Å². The lowest BCUT2D eigenvalue weighted by atomic mass is 9.81. The van der Waals surface area contributed by atoms with Crippen molar-refractivity contribution in [1.82, 2.24) is 29.7 Å². The van der Waals surface area contributed by atoms with E-state index in [4.69, 9.17) is 0 Å². The summed E-state index contributed by atoms with van der Waals surface area (Å²) in [6.07, 6.45) is 12.7. The second kappa shape index (κ2) is 9.89. The van der Waals surface area contributed by atoms with E-state index in [0.29, 0.717) is 11.7 Å². The normalized spacial score (nSPS) is 22.3. The van der Waals surface area contributed by atoms with Crippen molar-refractivity contribution in [2.75, 3.05) is 45.1 Å². The molecule has 8 nitrogen and oxygen atoms in total. The average Bonchev–Trinajstić information content (AvgIpc) is 2.86. The molecule has 0 radical (unpaired) electrons. The van der Waals surface area contributed by atoms with E-state index < -0.39 is 0 Å². The first kappa shape index (κ1) is 21.9. The fourth-order valence-corrected chi connectivity index (χ4v) is 4.92. The van der Waals surface area contributed by atoms with Gasteiger partial charge in [-0.3, -0.25) is 19.7 Å². The van der Waals surface area contributed by atoms with Crippen molar-refractivity contribution in [1.29, 1.82) is 0 Å². The minimum atomic E-state index is 0.0651. The summed E-state index contributed by atoms with van der Waals surface area (Å²) in [5.41, 5.74) is 2.44. The Balaban J connectivity index is 1.18. The summed E-state index contributed by atoms with van der Waals surface area (Å²) in [5, 5.41) is 3.96. The number of piperazine rings is 1. The second-order valence-corrected chi connectivity index (χ2v) is 9.39. The van der Waals surface area contributed by atoms with Crippen LogP contribution in [0.4, 0.5) is 5.82 Å². The monoisotopic (exact) mass is 445 g/mol. The average molecular weight is 446 g/mol. The molecule has 3 aromatic heterocycles. The Morgan fingerprint density at radius 2 is 1.79 bits per heavy atom. The van der Waals surface area contributed by atoms with Crippen LogP contribution in [-0.2, 0) is 4.79 Å². The van der Waals surface area contributed by atoms with E-state index >= 15 is 0 Å². The number of hydrogen-bond acceptors (Lipinski definition) is 7. The van der Waals surface area contributed by atoms with Gasteiger partial charge in [0.2, 0.25) is 5.91 Å². The third-order valence-electron chi connectivity index (χ3n) is 7.01. The minimum absolute atomic E-state index is 0.0651. The molecule has 1 aliphatic carbocycles. The van der Waals surface area contributed by atoms with Crippen LogP contribution in [0, 0.1) is 11.8 Å². The van der Waals surface area contributed by atoms with Gasteiger partial charge in [-0.1, -0.05) is 0 Å². The van der Waals surface area contributed by atoms with Crippen LogP contribution in [0.25, 0.3) is 22.2 Å². The number of likely N-dealkylation sites (N-methyl/N-ethyl adjacent to an activating group) is 1. The summed E-state index contributed by atoms with van der Waals surface area (Å²) < 4.78 is 0. The number of nitrogens with one attached hydrogen (secondary N) is 1. The molecule has 0 spiro atoms. The van der Waals surface area contributed by atoms with Gasteiger partial charge in [-0.25, -0.2) is 4.98 Å². The molecule has 4 heterocycles. The molecule has 0 atom stereocenters. The van der Waals surface area contributed by atoms with Gasteiger partial charge in [-0.05, 0) is 50.8 Å². The molecule has 172 valence electrons. The van der Waals surface area contributed by atoms with Gasteiger partial charge in [0.05, 0.1) is 23.6 Å². The number of rotatable bonds is 5. The van der Waals surface area contributed by atoms with Crippen molar-refractivity contribution < 1.29 is 4.79 Å². The third-order valence-corrected chi connectivity index (χ3v) is 7.01.